The summed E-state index contributed by atoms with van der Waals surface area (Å²) in [6, 6.07) is 0.153. The number of likely N-dealkylation sites (tertiary alicyclic amines) is 1. The molecule has 1 aliphatic carbocycles. The third kappa shape index (κ3) is 3.24. The number of aryl methyl sites for hydroxylation is 1. The van der Waals surface area contributed by atoms with E-state index in [1.54, 1.807) is 0 Å². The summed E-state index contributed by atoms with van der Waals surface area (Å²) in [6.07, 6.45) is 12.8. The molecule has 3 atom stereocenters. The van der Waals surface area contributed by atoms with Gasteiger partial charge in [-0.15, -0.1) is 0 Å². The Balaban J connectivity index is 1.58. The topological polar surface area (TPSA) is 50.2 Å². The van der Waals surface area contributed by atoms with Gasteiger partial charge in [-0.3, -0.25) is 9.48 Å². The van der Waals surface area contributed by atoms with E-state index in [1.165, 1.54) is 19.3 Å². The lowest BCUT2D eigenvalue weighted by Gasteiger charge is -2.25. The van der Waals surface area contributed by atoms with Gasteiger partial charge in [-0.25, -0.2) is 0 Å². The summed E-state index contributed by atoms with van der Waals surface area (Å²) in [4.78, 5) is 14.0. The molecule has 0 unspecified atom stereocenters. The van der Waals surface area contributed by atoms with Gasteiger partial charge in [-0.1, -0.05) is 12.2 Å². The molecular formula is C17H26N4O. The number of nitrogens with one attached hydrogen (secondary N) is 1. The minimum Gasteiger partial charge on any atom is -0.338 e. The molecule has 120 valence electrons. The number of hydrogen-bond donors (Lipinski definition) is 1. The molecule has 1 aliphatic heterocycles. The summed E-state index contributed by atoms with van der Waals surface area (Å²) in [5.74, 6) is 1.32. The molecule has 1 N–H and O–H groups in total. The lowest BCUT2D eigenvalue weighted by Crippen LogP contribution is -2.31. The van der Waals surface area contributed by atoms with Crippen LogP contribution in [0.5, 0.6) is 0 Å². The molecule has 3 rings (SSSR count). The number of allylic oxidation sites excluding steroid dienone is 2. The quantitative estimate of drug-likeness (QED) is 0.845. The second-order valence-corrected chi connectivity index (χ2v) is 6.67. The minimum atomic E-state index is 0.153. The fourth-order valence-electron chi connectivity index (χ4n) is 3.74. The normalized spacial score (nSPS) is 28.5. The van der Waals surface area contributed by atoms with Gasteiger partial charge in [0, 0.05) is 44.7 Å². The molecule has 0 spiro atoms. The largest absolute Gasteiger partial charge is 0.338 e. The zero-order valence-electron chi connectivity index (χ0n) is 13.5. The number of aromatic nitrogens is 2. The van der Waals surface area contributed by atoms with Crippen molar-refractivity contribution in [2.75, 3.05) is 20.1 Å². The van der Waals surface area contributed by atoms with Crippen LogP contribution in [0.4, 0.5) is 0 Å². The van der Waals surface area contributed by atoms with E-state index in [1.807, 2.05) is 36.1 Å². The molecule has 1 fully saturated rings. The van der Waals surface area contributed by atoms with Gasteiger partial charge in [0.15, 0.2) is 0 Å². The van der Waals surface area contributed by atoms with Gasteiger partial charge < -0.3 is 10.2 Å². The molecule has 0 saturated carbocycles. The Bertz CT molecular complexity index is 551. The van der Waals surface area contributed by atoms with Gasteiger partial charge in [0.05, 0.1) is 12.2 Å². The average Bonchev–Trinajstić information content (AvgIpc) is 3.05. The lowest BCUT2D eigenvalue weighted by molar-refractivity contribution is -0.127. The lowest BCUT2D eigenvalue weighted by atomic mass is 9.93. The van der Waals surface area contributed by atoms with Gasteiger partial charge in [0.2, 0.25) is 5.91 Å². The van der Waals surface area contributed by atoms with Crippen molar-refractivity contribution in [1.82, 2.24) is 20.0 Å². The fraction of sp³-hybridized carbons (Fsp3) is 0.647. The van der Waals surface area contributed by atoms with Gasteiger partial charge in [0.25, 0.3) is 0 Å². The van der Waals surface area contributed by atoms with Gasteiger partial charge in [0.1, 0.15) is 0 Å². The highest BCUT2D eigenvalue weighted by atomic mass is 16.2. The highest BCUT2D eigenvalue weighted by Crippen LogP contribution is 2.36. The van der Waals surface area contributed by atoms with Crippen molar-refractivity contribution in [2.24, 2.45) is 18.9 Å². The predicted octanol–water partition coefficient (Wildman–Crippen LogP) is 1.89. The van der Waals surface area contributed by atoms with Crippen LogP contribution in [0.3, 0.4) is 0 Å². The molecule has 5 nitrogen and oxygen atoms in total. The SMILES string of the molecule is CN1C(=O)C[C@@H](CNC[C@@H]2CC=CCC2)[C@@H]1c1cnn(C)c1. The van der Waals surface area contributed by atoms with E-state index in [0.717, 1.165) is 24.6 Å². The van der Waals surface area contributed by atoms with E-state index < -0.39 is 0 Å². The number of hydrogen-bond acceptors (Lipinski definition) is 3. The Hall–Kier alpha value is -1.62. The molecule has 1 aromatic rings. The van der Waals surface area contributed by atoms with Crippen LogP contribution in [0.25, 0.3) is 0 Å². The number of carbonyl (C=O) groups excluding carboxylic acids is 1. The first kappa shape index (κ1) is 15.3. The van der Waals surface area contributed by atoms with Crippen LogP contribution in [0.15, 0.2) is 24.5 Å². The molecular weight excluding hydrogens is 276 g/mol. The maximum Gasteiger partial charge on any atom is 0.223 e. The van der Waals surface area contributed by atoms with Crippen molar-refractivity contribution in [3.05, 3.63) is 30.1 Å². The van der Waals surface area contributed by atoms with E-state index in [2.05, 4.69) is 22.6 Å². The van der Waals surface area contributed by atoms with E-state index in [4.69, 9.17) is 0 Å². The molecule has 2 heterocycles. The molecule has 22 heavy (non-hydrogen) atoms. The van der Waals surface area contributed by atoms with E-state index in [9.17, 15) is 4.79 Å². The fourth-order valence-corrected chi connectivity index (χ4v) is 3.74. The van der Waals surface area contributed by atoms with Gasteiger partial charge >= 0.3 is 0 Å². The standard InChI is InChI=1S/C17H26N4O/c1-20-12-15(11-19-20)17-14(8-16(22)21(17)2)10-18-9-13-6-4-3-5-7-13/h3-4,11-14,17-18H,5-10H2,1-2H3/t13-,14+,17-/m1/s1. The summed E-state index contributed by atoms with van der Waals surface area (Å²) in [6.45, 7) is 1.95. The highest BCUT2D eigenvalue weighted by Gasteiger charge is 2.38. The molecule has 1 aromatic heterocycles. The average molecular weight is 302 g/mol. The Labute approximate surface area is 132 Å². The Kier molecular flexibility index (Phi) is 4.62. The molecule has 2 aliphatic rings. The third-order valence-corrected chi connectivity index (χ3v) is 4.98. The van der Waals surface area contributed by atoms with Crippen LogP contribution >= 0.6 is 0 Å². The number of carbonyl (C=O) groups is 1. The van der Waals surface area contributed by atoms with Crippen molar-refractivity contribution in [1.29, 1.82) is 0 Å². The van der Waals surface area contributed by atoms with Gasteiger partial charge in [-0.2, -0.15) is 5.10 Å². The Morgan fingerprint density at radius 3 is 2.86 bits per heavy atom. The maximum absolute atomic E-state index is 12.1. The molecule has 1 saturated heterocycles. The highest BCUT2D eigenvalue weighted by molar-refractivity contribution is 5.79. The first-order valence-electron chi connectivity index (χ1n) is 8.25. The minimum absolute atomic E-state index is 0.153. The van der Waals surface area contributed by atoms with Crippen molar-refractivity contribution < 1.29 is 4.79 Å². The van der Waals surface area contributed by atoms with Gasteiger partial charge in [-0.05, 0) is 31.7 Å². The monoisotopic (exact) mass is 302 g/mol. The molecule has 0 radical (unpaired) electrons. The first-order chi connectivity index (χ1) is 10.6. The van der Waals surface area contributed by atoms with Crippen molar-refractivity contribution >= 4 is 5.91 Å². The van der Waals surface area contributed by atoms with Crippen molar-refractivity contribution in [2.45, 2.75) is 31.7 Å². The van der Waals surface area contributed by atoms with Crippen molar-refractivity contribution in [3.8, 4) is 0 Å². The predicted molar refractivity (Wildman–Crippen MR) is 86.2 cm³/mol. The van der Waals surface area contributed by atoms with Crippen LogP contribution in [0, 0.1) is 11.8 Å². The van der Waals surface area contributed by atoms with E-state index in [0.29, 0.717) is 12.3 Å². The third-order valence-electron chi connectivity index (χ3n) is 4.98. The maximum atomic E-state index is 12.1. The summed E-state index contributed by atoms with van der Waals surface area (Å²) < 4.78 is 1.81. The van der Waals surface area contributed by atoms with Crippen molar-refractivity contribution in [3.63, 3.8) is 0 Å². The zero-order valence-corrected chi connectivity index (χ0v) is 13.5. The van der Waals surface area contributed by atoms with Crippen LogP contribution in [0.2, 0.25) is 0 Å². The van der Waals surface area contributed by atoms with Crippen LogP contribution in [-0.2, 0) is 11.8 Å². The number of amides is 1. The molecule has 0 bridgehead atoms. The van der Waals surface area contributed by atoms with Crippen LogP contribution < -0.4 is 5.32 Å². The molecule has 1 amide bonds. The van der Waals surface area contributed by atoms with Crippen LogP contribution in [-0.4, -0.2) is 40.7 Å². The number of rotatable bonds is 5. The Morgan fingerprint density at radius 1 is 1.32 bits per heavy atom. The summed E-state index contributed by atoms with van der Waals surface area (Å²) in [5, 5.41) is 7.86. The van der Waals surface area contributed by atoms with E-state index in [-0.39, 0.29) is 11.9 Å². The zero-order chi connectivity index (χ0) is 15.5. The second kappa shape index (κ2) is 6.65. The summed E-state index contributed by atoms with van der Waals surface area (Å²) in [5.41, 5.74) is 1.14. The number of nitrogens with zero attached hydrogens (tertiary/aromatic N) is 3. The molecule has 0 aromatic carbocycles. The first-order valence-corrected chi connectivity index (χ1v) is 8.25. The molecule has 5 heteroatoms. The Morgan fingerprint density at radius 2 is 2.18 bits per heavy atom. The van der Waals surface area contributed by atoms with Crippen LogP contribution in [0.1, 0.15) is 37.3 Å². The van der Waals surface area contributed by atoms with E-state index >= 15 is 0 Å². The smallest absolute Gasteiger partial charge is 0.223 e. The summed E-state index contributed by atoms with van der Waals surface area (Å²) in [7, 11) is 3.83. The second-order valence-electron chi connectivity index (χ2n) is 6.67. The summed E-state index contributed by atoms with van der Waals surface area (Å²) >= 11 is 0.